The Morgan fingerprint density at radius 1 is 1.41 bits per heavy atom. The maximum atomic E-state index is 11.6. The van der Waals surface area contributed by atoms with E-state index in [0.717, 1.165) is 10.6 Å². The number of amides is 1. The summed E-state index contributed by atoms with van der Waals surface area (Å²) in [4.78, 5) is 12.6. The van der Waals surface area contributed by atoms with Gasteiger partial charge in [0, 0.05) is 10.5 Å². The Balaban J connectivity index is 2.79. The maximum absolute atomic E-state index is 11.6. The first kappa shape index (κ1) is 18.2. The molecule has 0 atom stereocenters. The molecular formula is C15H22N2O4S. The highest BCUT2D eigenvalue weighted by atomic mass is 32.2. The number of carbonyl (C=O) groups is 1. The molecule has 22 heavy (non-hydrogen) atoms. The second kappa shape index (κ2) is 7.93. The fraction of sp³-hybridized carbons (Fsp3) is 0.467. The zero-order valence-electron chi connectivity index (χ0n) is 13.5. The van der Waals surface area contributed by atoms with Crippen LogP contribution in [0.5, 0.6) is 5.75 Å². The van der Waals surface area contributed by atoms with Gasteiger partial charge in [-0.2, -0.15) is 0 Å². The molecule has 1 amide bonds. The van der Waals surface area contributed by atoms with Gasteiger partial charge in [0.2, 0.25) is 0 Å². The summed E-state index contributed by atoms with van der Waals surface area (Å²) in [5.74, 6) is 0.744. The lowest BCUT2D eigenvalue weighted by Gasteiger charge is -2.19. The maximum Gasteiger partial charge on any atom is 0.407 e. The molecule has 0 heterocycles. The third-order valence-corrected chi connectivity index (χ3v) is 3.40. The third kappa shape index (κ3) is 5.48. The first-order valence-corrected chi connectivity index (χ1v) is 7.93. The molecule has 7 heteroatoms. The molecule has 0 saturated heterocycles. The van der Waals surface area contributed by atoms with Crippen LogP contribution >= 0.6 is 11.8 Å². The first-order chi connectivity index (χ1) is 10.3. The fourth-order valence-corrected chi connectivity index (χ4v) is 2.28. The largest absolute Gasteiger partial charge is 0.496 e. The van der Waals surface area contributed by atoms with E-state index in [9.17, 15) is 10.0 Å². The van der Waals surface area contributed by atoms with Gasteiger partial charge in [-0.1, -0.05) is 5.16 Å². The number of nitrogens with one attached hydrogen (secondary N) is 1. The predicted molar refractivity (Wildman–Crippen MR) is 87.3 cm³/mol. The summed E-state index contributed by atoms with van der Waals surface area (Å²) in [5, 5.41) is 15.0. The van der Waals surface area contributed by atoms with Gasteiger partial charge < -0.3 is 20.0 Å². The standard InChI is InChI=1S/C15H22N2O4S/c1-15(2,3)21-14(18)16-9-11(17-19)10-6-7-12(20-4)13(8-10)22-5/h6-8,19H,9H2,1-5H3,(H,16,18)/b17-11-. The molecule has 0 aliphatic rings. The van der Waals surface area contributed by atoms with Gasteiger partial charge in [0.1, 0.15) is 17.1 Å². The molecule has 0 aliphatic carbocycles. The summed E-state index contributed by atoms with van der Waals surface area (Å²) in [7, 11) is 1.60. The molecule has 0 saturated carbocycles. The highest BCUT2D eigenvalue weighted by Gasteiger charge is 2.17. The van der Waals surface area contributed by atoms with E-state index in [1.807, 2.05) is 12.3 Å². The van der Waals surface area contributed by atoms with Gasteiger partial charge in [0.15, 0.2) is 0 Å². The van der Waals surface area contributed by atoms with E-state index in [-0.39, 0.29) is 6.54 Å². The molecule has 0 aromatic heterocycles. The Morgan fingerprint density at radius 2 is 2.09 bits per heavy atom. The Bertz CT molecular complexity index is 553. The van der Waals surface area contributed by atoms with Crippen LogP contribution < -0.4 is 10.1 Å². The van der Waals surface area contributed by atoms with Gasteiger partial charge in [-0.15, -0.1) is 11.8 Å². The van der Waals surface area contributed by atoms with Gasteiger partial charge in [-0.3, -0.25) is 0 Å². The molecule has 0 fully saturated rings. The number of oxime groups is 1. The summed E-state index contributed by atoms with van der Waals surface area (Å²) in [6, 6.07) is 5.40. The minimum absolute atomic E-state index is 0.0611. The van der Waals surface area contributed by atoms with Crippen LogP contribution in [-0.4, -0.2) is 42.5 Å². The summed E-state index contributed by atoms with van der Waals surface area (Å²) < 4.78 is 10.4. The summed E-state index contributed by atoms with van der Waals surface area (Å²) in [5.41, 5.74) is 0.458. The fourth-order valence-electron chi connectivity index (χ4n) is 1.68. The van der Waals surface area contributed by atoms with Crippen molar-refractivity contribution in [3.05, 3.63) is 23.8 Å². The number of nitrogens with zero attached hydrogens (tertiary/aromatic N) is 1. The van der Waals surface area contributed by atoms with Crippen molar-refractivity contribution >= 4 is 23.6 Å². The number of methoxy groups -OCH3 is 1. The third-order valence-electron chi connectivity index (χ3n) is 2.64. The summed E-state index contributed by atoms with van der Waals surface area (Å²) in [6.45, 7) is 5.40. The first-order valence-electron chi connectivity index (χ1n) is 6.71. The van der Waals surface area contributed by atoms with E-state index < -0.39 is 11.7 Å². The average molecular weight is 326 g/mol. The van der Waals surface area contributed by atoms with Crippen LogP contribution in [-0.2, 0) is 4.74 Å². The Kier molecular flexibility index (Phi) is 6.55. The number of rotatable bonds is 5. The van der Waals surface area contributed by atoms with E-state index in [2.05, 4.69) is 10.5 Å². The van der Waals surface area contributed by atoms with Gasteiger partial charge in [-0.25, -0.2) is 4.79 Å². The lowest BCUT2D eigenvalue weighted by atomic mass is 10.1. The van der Waals surface area contributed by atoms with Crippen LogP contribution in [0.4, 0.5) is 4.79 Å². The van der Waals surface area contributed by atoms with Crippen LogP contribution in [0.25, 0.3) is 0 Å². The number of hydrogen-bond donors (Lipinski definition) is 2. The van der Waals surface area contributed by atoms with E-state index in [0.29, 0.717) is 11.3 Å². The van der Waals surface area contributed by atoms with Crippen molar-refractivity contribution in [3.63, 3.8) is 0 Å². The smallest absolute Gasteiger partial charge is 0.407 e. The molecule has 0 bridgehead atoms. The number of thioether (sulfide) groups is 1. The molecule has 0 spiro atoms. The highest BCUT2D eigenvalue weighted by molar-refractivity contribution is 7.98. The van der Waals surface area contributed by atoms with Crippen LogP contribution in [0.15, 0.2) is 28.3 Å². The van der Waals surface area contributed by atoms with Crippen LogP contribution in [0, 0.1) is 0 Å². The minimum Gasteiger partial charge on any atom is -0.496 e. The number of alkyl carbamates (subject to hydrolysis) is 1. The molecule has 6 nitrogen and oxygen atoms in total. The zero-order valence-corrected chi connectivity index (χ0v) is 14.3. The molecule has 122 valence electrons. The topological polar surface area (TPSA) is 80.2 Å². The van der Waals surface area contributed by atoms with Gasteiger partial charge in [0.25, 0.3) is 0 Å². The normalized spacial score (nSPS) is 12.0. The van der Waals surface area contributed by atoms with Gasteiger partial charge in [0.05, 0.1) is 13.7 Å². The number of carbonyl (C=O) groups excluding carboxylic acids is 1. The lowest BCUT2D eigenvalue weighted by molar-refractivity contribution is 0.0536. The van der Waals surface area contributed by atoms with Crippen molar-refractivity contribution in [2.45, 2.75) is 31.3 Å². The van der Waals surface area contributed by atoms with Crippen molar-refractivity contribution in [1.29, 1.82) is 0 Å². The Morgan fingerprint density at radius 3 is 2.59 bits per heavy atom. The van der Waals surface area contributed by atoms with Gasteiger partial charge >= 0.3 is 6.09 Å². The van der Waals surface area contributed by atoms with Crippen molar-refractivity contribution in [1.82, 2.24) is 5.32 Å². The van der Waals surface area contributed by atoms with Crippen LogP contribution in [0.1, 0.15) is 26.3 Å². The average Bonchev–Trinajstić information content (AvgIpc) is 2.45. The van der Waals surface area contributed by atoms with Crippen molar-refractivity contribution < 1.29 is 19.5 Å². The molecule has 2 N–H and O–H groups in total. The zero-order chi connectivity index (χ0) is 16.8. The van der Waals surface area contributed by atoms with Gasteiger partial charge in [-0.05, 0) is 45.2 Å². The molecule has 0 aliphatic heterocycles. The molecule has 1 rings (SSSR count). The quantitative estimate of drug-likeness (QED) is 0.376. The van der Waals surface area contributed by atoms with Crippen molar-refractivity contribution in [3.8, 4) is 5.75 Å². The van der Waals surface area contributed by atoms with E-state index >= 15 is 0 Å². The SMILES string of the molecule is COc1ccc(/C(CNC(=O)OC(C)(C)C)=N\O)cc1SC. The van der Waals surface area contributed by atoms with E-state index in [1.54, 1.807) is 40.0 Å². The highest BCUT2D eigenvalue weighted by Crippen LogP contribution is 2.28. The number of benzene rings is 1. The summed E-state index contributed by atoms with van der Waals surface area (Å²) >= 11 is 1.52. The Hall–Kier alpha value is -1.89. The van der Waals surface area contributed by atoms with Crippen LogP contribution in [0.3, 0.4) is 0 Å². The molecule has 1 aromatic carbocycles. The molecule has 0 unspecified atom stereocenters. The summed E-state index contributed by atoms with van der Waals surface area (Å²) in [6.07, 6.45) is 1.36. The Labute approximate surface area is 134 Å². The van der Waals surface area contributed by atoms with Crippen molar-refractivity contribution in [2.24, 2.45) is 5.16 Å². The van der Waals surface area contributed by atoms with Crippen LogP contribution in [0.2, 0.25) is 0 Å². The molecule has 0 radical (unpaired) electrons. The second-order valence-electron chi connectivity index (χ2n) is 5.47. The number of ether oxygens (including phenoxy) is 2. The monoisotopic (exact) mass is 326 g/mol. The van der Waals surface area contributed by atoms with E-state index in [1.165, 1.54) is 11.8 Å². The van der Waals surface area contributed by atoms with E-state index in [4.69, 9.17) is 9.47 Å². The minimum atomic E-state index is -0.577. The molecule has 1 aromatic rings. The number of hydrogen-bond acceptors (Lipinski definition) is 6. The van der Waals surface area contributed by atoms with Crippen molar-refractivity contribution in [2.75, 3.05) is 19.9 Å². The lowest BCUT2D eigenvalue weighted by Crippen LogP contribution is -2.35. The second-order valence-corrected chi connectivity index (χ2v) is 6.32. The molecular weight excluding hydrogens is 304 g/mol. The predicted octanol–water partition coefficient (Wildman–Crippen LogP) is 3.12.